The number of amides is 1. The number of aliphatic carboxylic acids is 1. The molecule has 0 aliphatic carbocycles. The summed E-state index contributed by atoms with van der Waals surface area (Å²) >= 11 is 0. The van der Waals surface area contributed by atoms with Crippen molar-refractivity contribution in [3.05, 3.63) is 71.7 Å². The maximum atomic E-state index is 12.8. The number of hydrogen-bond donors (Lipinski definition) is 3. The van der Waals surface area contributed by atoms with Gasteiger partial charge in [-0.3, -0.25) is 9.59 Å². The Hall–Kier alpha value is -3.66. The highest BCUT2D eigenvalue weighted by molar-refractivity contribution is 6.06. The topological polar surface area (TPSA) is 102 Å². The molecule has 6 nitrogen and oxygen atoms in total. The van der Waals surface area contributed by atoms with Crippen molar-refractivity contribution in [2.24, 2.45) is 0 Å². The normalized spacial score (nSPS) is 10.6. The Bertz CT molecular complexity index is 837. The molecule has 2 aromatic rings. The highest BCUT2D eigenvalue weighted by Gasteiger charge is 2.09. The molecule has 0 aliphatic rings. The van der Waals surface area contributed by atoms with E-state index in [2.05, 4.69) is 10.6 Å². The minimum absolute atomic E-state index is 0.0837. The lowest BCUT2D eigenvalue weighted by Gasteiger charge is -2.06. The monoisotopic (exact) mass is 339 g/mol. The van der Waals surface area contributed by atoms with Crippen LogP contribution in [-0.2, 0) is 16.0 Å². The summed E-state index contributed by atoms with van der Waals surface area (Å²) in [6.45, 7) is 0. The molecule has 0 unspecified atom stereocenters. The van der Waals surface area contributed by atoms with Gasteiger partial charge in [-0.15, -0.1) is 0 Å². The highest BCUT2D eigenvalue weighted by atomic mass is 19.1. The van der Waals surface area contributed by atoms with Crippen LogP contribution in [0.4, 0.5) is 15.8 Å². The molecule has 126 valence electrons. The molecule has 2 aromatic carbocycles. The van der Waals surface area contributed by atoms with Crippen LogP contribution in [0.1, 0.15) is 5.56 Å². The zero-order valence-electron chi connectivity index (χ0n) is 13.0. The molecule has 0 spiro atoms. The molecule has 25 heavy (non-hydrogen) atoms. The van der Waals surface area contributed by atoms with Crippen LogP contribution in [0.3, 0.4) is 0 Å². The van der Waals surface area contributed by atoms with Crippen molar-refractivity contribution in [1.82, 2.24) is 0 Å². The summed E-state index contributed by atoms with van der Waals surface area (Å²) in [5.74, 6) is -1.99. The lowest BCUT2D eigenvalue weighted by Crippen LogP contribution is -2.14. The van der Waals surface area contributed by atoms with E-state index < -0.39 is 17.7 Å². The molecule has 1 amide bonds. The second kappa shape index (κ2) is 8.26. The van der Waals surface area contributed by atoms with Crippen LogP contribution in [0.5, 0.6) is 0 Å². The number of nitriles is 1. The Kier molecular flexibility index (Phi) is 5.85. The van der Waals surface area contributed by atoms with Crippen molar-refractivity contribution < 1.29 is 19.1 Å². The Morgan fingerprint density at radius 1 is 1.08 bits per heavy atom. The van der Waals surface area contributed by atoms with Crippen molar-refractivity contribution >= 4 is 23.3 Å². The van der Waals surface area contributed by atoms with E-state index in [1.54, 1.807) is 30.3 Å². The van der Waals surface area contributed by atoms with Crippen molar-refractivity contribution in [3.8, 4) is 6.07 Å². The number of hydrogen-bond acceptors (Lipinski definition) is 4. The van der Waals surface area contributed by atoms with Crippen LogP contribution < -0.4 is 10.6 Å². The van der Waals surface area contributed by atoms with Gasteiger partial charge < -0.3 is 15.7 Å². The fraction of sp³-hybridized carbons (Fsp3) is 0.0556. The molecule has 7 heteroatoms. The van der Waals surface area contributed by atoms with Gasteiger partial charge in [0.05, 0.1) is 6.42 Å². The Morgan fingerprint density at radius 2 is 1.68 bits per heavy atom. The lowest BCUT2D eigenvalue weighted by atomic mass is 10.1. The van der Waals surface area contributed by atoms with Gasteiger partial charge in [-0.25, -0.2) is 4.39 Å². The lowest BCUT2D eigenvalue weighted by molar-refractivity contribution is -0.136. The molecular formula is C18H14FN3O3. The molecule has 3 N–H and O–H groups in total. The predicted octanol–water partition coefficient (Wildman–Crippen LogP) is 2.91. The van der Waals surface area contributed by atoms with Crippen molar-refractivity contribution in [1.29, 1.82) is 5.26 Å². The average Bonchev–Trinajstić information content (AvgIpc) is 2.58. The zero-order chi connectivity index (χ0) is 18.2. The maximum Gasteiger partial charge on any atom is 0.307 e. The quantitative estimate of drug-likeness (QED) is 0.555. The predicted molar refractivity (Wildman–Crippen MR) is 90.1 cm³/mol. The number of carboxylic acid groups (broad SMARTS) is 1. The largest absolute Gasteiger partial charge is 0.481 e. The number of rotatable bonds is 6. The van der Waals surface area contributed by atoms with Gasteiger partial charge in [0.25, 0.3) is 5.91 Å². The first-order valence-corrected chi connectivity index (χ1v) is 7.22. The second-order valence-corrected chi connectivity index (χ2v) is 5.04. The minimum atomic E-state index is -0.926. The van der Waals surface area contributed by atoms with Crippen LogP contribution in [0.25, 0.3) is 0 Å². The van der Waals surface area contributed by atoms with E-state index in [1.807, 2.05) is 0 Å². The minimum Gasteiger partial charge on any atom is -0.481 e. The van der Waals surface area contributed by atoms with Gasteiger partial charge in [-0.05, 0) is 42.0 Å². The Labute approximate surface area is 143 Å². The van der Waals surface area contributed by atoms with Gasteiger partial charge in [-0.1, -0.05) is 12.1 Å². The van der Waals surface area contributed by atoms with Gasteiger partial charge in [0, 0.05) is 17.6 Å². The van der Waals surface area contributed by atoms with Crippen LogP contribution in [0.2, 0.25) is 0 Å². The molecule has 0 atom stereocenters. The van der Waals surface area contributed by atoms with E-state index in [4.69, 9.17) is 10.4 Å². The van der Waals surface area contributed by atoms with E-state index in [9.17, 15) is 14.0 Å². The molecule has 0 heterocycles. The third kappa shape index (κ3) is 5.48. The van der Waals surface area contributed by atoms with Crippen molar-refractivity contribution in [2.45, 2.75) is 6.42 Å². The maximum absolute atomic E-state index is 12.8. The third-order valence-corrected chi connectivity index (χ3v) is 3.16. The fourth-order valence-corrected chi connectivity index (χ4v) is 1.93. The first-order chi connectivity index (χ1) is 12.0. The molecule has 0 aliphatic heterocycles. The number of halogens is 1. The van der Waals surface area contributed by atoms with Gasteiger partial charge in [0.1, 0.15) is 17.5 Å². The fourth-order valence-electron chi connectivity index (χ4n) is 1.93. The summed E-state index contributed by atoms with van der Waals surface area (Å²) in [7, 11) is 0. The highest BCUT2D eigenvalue weighted by Crippen LogP contribution is 2.12. The molecule has 0 aromatic heterocycles. The summed E-state index contributed by atoms with van der Waals surface area (Å²) in [6.07, 6.45) is 1.16. The SMILES string of the molecule is N#C/C(=C/Nc1ccc(CC(=O)O)cc1)C(=O)Nc1ccc(F)cc1. The van der Waals surface area contributed by atoms with E-state index in [0.717, 1.165) is 0 Å². The number of anilines is 2. The number of nitrogens with one attached hydrogen (secondary N) is 2. The first kappa shape index (κ1) is 17.7. The zero-order valence-corrected chi connectivity index (χ0v) is 13.0. The second-order valence-electron chi connectivity index (χ2n) is 5.04. The van der Waals surface area contributed by atoms with Gasteiger partial charge >= 0.3 is 5.97 Å². The number of benzene rings is 2. The molecule has 0 bridgehead atoms. The number of carbonyl (C=O) groups excluding carboxylic acids is 1. The third-order valence-electron chi connectivity index (χ3n) is 3.16. The number of carboxylic acids is 1. The summed E-state index contributed by atoms with van der Waals surface area (Å²) in [5.41, 5.74) is 1.43. The Morgan fingerprint density at radius 3 is 2.24 bits per heavy atom. The molecule has 0 fully saturated rings. The van der Waals surface area contributed by atoms with Crippen LogP contribution in [0, 0.1) is 17.1 Å². The average molecular weight is 339 g/mol. The summed E-state index contributed by atoms with van der Waals surface area (Å²) in [5, 5.41) is 23.1. The smallest absolute Gasteiger partial charge is 0.307 e. The molecule has 0 radical (unpaired) electrons. The van der Waals surface area contributed by atoms with Crippen molar-refractivity contribution in [2.75, 3.05) is 10.6 Å². The van der Waals surface area contributed by atoms with Gasteiger partial charge in [-0.2, -0.15) is 5.26 Å². The van der Waals surface area contributed by atoms with Crippen LogP contribution >= 0.6 is 0 Å². The molecule has 0 saturated heterocycles. The number of carbonyl (C=O) groups is 2. The molecule has 0 saturated carbocycles. The summed E-state index contributed by atoms with van der Waals surface area (Å²) in [6, 6.07) is 13.5. The first-order valence-electron chi connectivity index (χ1n) is 7.22. The number of nitrogens with zero attached hydrogens (tertiary/aromatic N) is 1. The summed E-state index contributed by atoms with van der Waals surface area (Å²) < 4.78 is 12.8. The van der Waals surface area contributed by atoms with Crippen LogP contribution in [-0.4, -0.2) is 17.0 Å². The van der Waals surface area contributed by atoms with Crippen LogP contribution in [0.15, 0.2) is 60.3 Å². The molecular weight excluding hydrogens is 325 g/mol. The van der Waals surface area contributed by atoms with Gasteiger partial charge in [0.15, 0.2) is 0 Å². The van der Waals surface area contributed by atoms with E-state index >= 15 is 0 Å². The standard InChI is InChI=1S/C18H14FN3O3/c19-14-3-7-16(8-4-14)22-18(25)13(10-20)11-21-15-5-1-12(2-6-15)9-17(23)24/h1-8,11,21H,9H2,(H,22,25)(H,23,24)/b13-11-. The Balaban J connectivity index is 2.01. The van der Waals surface area contributed by atoms with Gasteiger partial charge in [0.2, 0.25) is 0 Å². The van der Waals surface area contributed by atoms with E-state index in [1.165, 1.54) is 30.5 Å². The van der Waals surface area contributed by atoms with Crippen molar-refractivity contribution in [3.63, 3.8) is 0 Å². The van der Waals surface area contributed by atoms with E-state index in [0.29, 0.717) is 16.9 Å². The molecule has 2 rings (SSSR count). The summed E-state index contributed by atoms with van der Waals surface area (Å²) in [4.78, 5) is 22.6. The van der Waals surface area contributed by atoms with E-state index in [-0.39, 0.29) is 12.0 Å².